The first-order valence-corrected chi connectivity index (χ1v) is 5.51. The third kappa shape index (κ3) is 2.45. The van der Waals surface area contributed by atoms with Crippen LogP contribution >= 0.6 is 0 Å². The lowest BCUT2D eigenvalue weighted by Gasteiger charge is -2.13. The molecule has 1 heterocycles. The number of carbonyl (C=O) groups is 1. The van der Waals surface area contributed by atoms with Crippen LogP contribution in [0.15, 0.2) is 24.3 Å². The van der Waals surface area contributed by atoms with E-state index in [1.165, 1.54) is 11.1 Å². The van der Waals surface area contributed by atoms with Crippen molar-refractivity contribution in [3.63, 3.8) is 0 Å². The first kappa shape index (κ1) is 10.4. The molecule has 1 unspecified atom stereocenters. The molecule has 0 aromatic heterocycles. The van der Waals surface area contributed by atoms with Gasteiger partial charge in [-0.1, -0.05) is 24.3 Å². The SMILES string of the molecule is O=CCCc1ccccc1C1CCOC1. The van der Waals surface area contributed by atoms with Crippen molar-refractivity contribution < 1.29 is 9.53 Å². The van der Waals surface area contributed by atoms with E-state index in [9.17, 15) is 4.79 Å². The summed E-state index contributed by atoms with van der Waals surface area (Å²) in [5.41, 5.74) is 2.68. The maximum Gasteiger partial charge on any atom is 0.120 e. The zero-order valence-corrected chi connectivity index (χ0v) is 8.82. The number of aryl methyl sites for hydroxylation is 1. The summed E-state index contributed by atoms with van der Waals surface area (Å²) in [6, 6.07) is 8.40. The molecule has 1 saturated heterocycles. The van der Waals surface area contributed by atoms with Gasteiger partial charge in [-0.2, -0.15) is 0 Å². The van der Waals surface area contributed by atoms with Crippen molar-refractivity contribution in [3.8, 4) is 0 Å². The molecular weight excluding hydrogens is 188 g/mol. The monoisotopic (exact) mass is 204 g/mol. The molecule has 0 saturated carbocycles. The van der Waals surface area contributed by atoms with E-state index in [0.29, 0.717) is 12.3 Å². The topological polar surface area (TPSA) is 26.3 Å². The summed E-state index contributed by atoms with van der Waals surface area (Å²) >= 11 is 0. The second kappa shape index (κ2) is 5.08. The molecule has 15 heavy (non-hydrogen) atoms. The maximum absolute atomic E-state index is 10.4. The summed E-state index contributed by atoms with van der Waals surface area (Å²) in [7, 11) is 0. The fourth-order valence-electron chi connectivity index (χ4n) is 2.15. The second-order valence-electron chi connectivity index (χ2n) is 3.96. The van der Waals surface area contributed by atoms with Gasteiger partial charge in [0.1, 0.15) is 6.29 Å². The third-order valence-electron chi connectivity index (χ3n) is 2.96. The van der Waals surface area contributed by atoms with Crippen LogP contribution in [0.5, 0.6) is 0 Å². The second-order valence-corrected chi connectivity index (χ2v) is 3.96. The van der Waals surface area contributed by atoms with Gasteiger partial charge in [0.2, 0.25) is 0 Å². The number of carbonyl (C=O) groups excluding carboxylic acids is 1. The van der Waals surface area contributed by atoms with E-state index >= 15 is 0 Å². The van der Waals surface area contributed by atoms with Crippen molar-refractivity contribution in [2.24, 2.45) is 0 Å². The van der Waals surface area contributed by atoms with Crippen LogP contribution in [0.3, 0.4) is 0 Å². The van der Waals surface area contributed by atoms with Crippen molar-refractivity contribution in [1.29, 1.82) is 0 Å². The fourth-order valence-corrected chi connectivity index (χ4v) is 2.15. The first-order valence-electron chi connectivity index (χ1n) is 5.51. The Morgan fingerprint density at radius 1 is 1.40 bits per heavy atom. The summed E-state index contributed by atoms with van der Waals surface area (Å²) in [6.45, 7) is 1.70. The van der Waals surface area contributed by atoms with E-state index < -0.39 is 0 Å². The van der Waals surface area contributed by atoms with Gasteiger partial charge < -0.3 is 9.53 Å². The normalized spacial score (nSPS) is 20.4. The molecule has 2 heteroatoms. The molecule has 0 aliphatic carbocycles. The van der Waals surface area contributed by atoms with Crippen LogP contribution in [0.2, 0.25) is 0 Å². The van der Waals surface area contributed by atoms with Gasteiger partial charge in [0.05, 0.1) is 6.61 Å². The summed E-state index contributed by atoms with van der Waals surface area (Å²) in [6.07, 6.45) is 3.57. The minimum Gasteiger partial charge on any atom is -0.381 e. The van der Waals surface area contributed by atoms with E-state index in [2.05, 4.69) is 18.2 Å². The van der Waals surface area contributed by atoms with Crippen LogP contribution in [-0.2, 0) is 16.0 Å². The van der Waals surface area contributed by atoms with Gasteiger partial charge in [0.15, 0.2) is 0 Å². The Hall–Kier alpha value is -1.15. The van der Waals surface area contributed by atoms with Crippen LogP contribution in [0.4, 0.5) is 0 Å². The maximum atomic E-state index is 10.4. The number of aldehydes is 1. The van der Waals surface area contributed by atoms with Crippen molar-refractivity contribution >= 4 is 6.29 Å². The Morgan fingerprint density at radius 2 is 2.27 bits per heavy atom. The predicted octanol–water partition coefficient (Wildman–Crippen LogP) is 2.32. The molecule has 0 radical (unpaired) electrons. The predicted molar refractivity (Wildman–Crippen MR) is 59.0 cm³/mol. The Bertz CT molecular complexity index is 327. The van der Waals surface area contributed by atoms with Crippen molar-refractivity contribution in [3.05, 3.63) is 35.4 Å². The number of rotatable bonds is 4. The summed E-state index contributed by atoms with van der Waals surface area (Å²) in [4.78, 5) is 10.4. The lowest BCUT2D eigenvalue weighted by atomic mass is 9.92. The highest BCUT2D eigenvalue weighted by Crippen LogP contribution is 2.28. The molecular formula is C13H16O2. The molecule has 0 spiro atoms. The van der Waals surface area contributed by atoms with Gasteiger partial charge >= 0.3 is 0 Å². The highest BCUT2D eigenvalue weighted by molar-refractivity contribution is 5.50. The van der Waals surface area contributed by atoms with Gasteiger partial charge in [-0.3, -0.25) is 0 Å². The first-order chi connectivity index (χ1) is 7.42. The van der Waals surface area contributed by atoms with E-state index in [1.807, 2.05) is 6.07 Å². The summed E-state index contributed by atoms with van der Waals surface area (Å²) in [5, 5.41) is 0. The van der Waals surface area contributed by atoms with Crippen molar-refractivity contribution in [2.45, 2.75) is 25.2 Å². The Labute approximate surface area is 90.3 Å². The largest absolute Gasteiger partial charge is 0.381 e. The minimum atomic E-state index is 0.535. The minimum absolute atomic E-state index is 0.535. The molecule has 0 N–H and O–H groups in total. The Kier molecular flexibility index (Phi) is 3.51. The molecule has 0 bridgehead atoms. The van der Waals surface area contributed by atoms with Crippen LogP contribution < -0.4 is 0 Å². The van der Waals surface area contributed by atoms with Crippen LogP contribution in [0, 0.1) is 0 Å². The molecule has 2 nitrogen and oxygen atoms in total. The summed E-state index contributed by atoms with van der Waals surface area (Å²) in [5.74, 6) is 0.535. The molecule has 1 fully saturated rings. The quantitative estimate of drug-likeness (QED) is 0.703. The van der Waals surface area contributed by atoms with Crippen LogP contribution in [0.1, 0.15) is 29.9 Å². The lowest BCUT2D eigenvalue weighted by Crippen LogP contribution is -2.02. The molecule has 1 aromatic carbocycles. The lowest BCUT2D eigenvalue weighted by molar-refractivity contribution is -0.107. The highest BCUT2D eigenvalue weighted by Gasteiger charge is 2.19. The number of ether oxygens (including phenoxy) is 1. The Balaban J connectivity index is 2.16. The summed E-state index contributed by atoms with van der Waals surface area (Å²) < 4.78 is 5.40. The van der Waals surface area contributed by atoms with Gasteiger partial charge in [0, 0.05) is 18.9 Å². The van der Waals surface area contributed by atoms with E-state index in [1.54, 1.807) is 0 Å². The van der Waals surface area contributed by atoms with Gasteiger partial charge in [-0.05, 0) is 24.0 Å². The van der Waals surface area contributed by atoms with E-state index in [-0.39, 0.29) is 0 Å². The molecule has 1 atom stereocenters. The smallest absolute Gasteiger partial charge is 0.120 e. The third-order valence-corrected chi connectivity index (χ3v) is 2.96. The molecule has 1 aliphatic rings. The number of benzene rings is 1. The van der Waals surface area contributed by atoms with Crippen LogP contribution in [0.25, 0.3) is 0 Å². The average Bonchev–Trinajstić information content (AvgIpc) is 2.80. The molecule has 80 valence electrons. The zero-order valence-electron chi connectivity index (χ0n) is 8.82. The van der Waals surface area contributed by atoms with Gasteiger partial charge in [-0.25, -0.2) is 0 Å². The van der Waals surface area contributed by atoms with Gasteiger partial charge in [0.25, 0.3) is 0 Å². The zero-order chi connectivity index (χ0) is 10.5. The fraction of sp³-hybridized carbons (Fsp3) is 0.462. The molecule has 1 aliphatic heterocycles. The average molecular weight is 204 g/mol. The number of hydrogen-bond acceptors (Lipinski definition) is 2. The molecule has 0 amide bonds. The van der Waals surface area contributed by atoms with Gasteiger partial charge in [-0.15, -0.1) is 0 Å². The molecule has 2 rings (SSSR count). The highest BCUT2D eigenvalue weighted by atomic mass is 16.5. The number of hydrogen-bond donors (Lipinski definition) is 0. The Morgan fingerprint density at radius 3 is 3.00 bits per heavy atom. The van der Waals surface area contributed by atoms with Crippen molar-refractivity contribution in [2.75, 3.05) is 13.2 Å². The van der Waals surface area contributed by atoms with E-state index in [4.69, 9.17) is 4.74 Å². The van der Waals surface area contributed by atoms with Crippen molar-refractivity contribution in [1.82, 2.24) is 0 Å². The standard InChI is InChI=1S/C13H16O2/c14-8-3-5-11-4-1-2-6-13(11)12-7-9-15-10-12/h1-2,4,6,8,12H,3,5,7,9-10H2. The molecule has 1 aromatic rings. The van der Waals surface area contributed by atoms with Crippen LogP contribution in [-0.4, -0.2) is 19.5 Å². The van der Waals surface area contributed by atoms with E-state index in [0.717, 1.165) is 32.3 Å².